The third-order valence-corrected chi connectivity index (χ3v) is 2.83. The molecule has 0 fully saturated rings. The second-order valence-electron chi connectivity index (χ2n) is 4.70. The lowest BCUT2D eigenvalue weighted by Gasteiger charge is -2.08. The maximum absolute atomic E-state index is 13.5. The van der Waals surface area contributed by atoms with Gasteiger partial charge in [0.05, 0.1) is 6.54 Å². The number of hydrogen-bond donors (Lipinski definition) is 1. The second-order valence-corrected chi connectivity index (χ2v) is 4.70. The Labute approximate surface area is 111 Å². The molecule has 0 radical (unpaired) electrons. The van der Waals surface area contributed by atoms with Gasteiger partial charge in [0, 0.05) is 12.6 Å². The number of hydrogen-bond acceptors (Lipinski definition) is 4. The first-order valence-electron chi connectivity index (χ1n) is 6.38. The molecule has 5 nitrogen and oxygen atoms in total. The van der Waals surface area contributed by atoms with Gasteiger partial charge in [0.15, 0.2) is 5.82 Å². The zero-order chi connectivity index (χ0) is 13.7. The van der Waals surface area contributed by atoms with Crippen LogP contribution < -0.4 is 5.32 Å². The van der Waals surface area contributed by atoms with Crippen LogP contribution in [0.5, 0.6) is 0 Å². The number of benzene rings is 1. The minimum absolute atomic E-state index is 0.183. The Balaban J connectivity index is 1.96. The van der Waals surface area contributed by atoms with Crippen LogP contribution in [-0.4, -0.2) is 26.2 Å². The summed E-state index contributed by atoms with van der Waals surface area (Å²) in [6.45, 7) is 5.31. The highest BCUT2D eigenvalue weighted by Gasteiger charge is 2.08. The van der Waals surface area contributed by atoms with Gasteiger partial charge in [0.2, 0.25) is 0 Å². The average molecular weight is 263 g/mol. The van der Waals surface area contributed by atoms with Crippen molar-refractivity contribution in [3.05, 3.63) is 41.5 Å². The normalized spacial score (nSPS) is 11.2. The zero-order valence-corrected chi connectivity index (χ0v) is 11.2. The van der Waals surface area contributed by atoms with Gasteiger partial charge in [-0.2, -0.15) is 0 Å². The highest BCUT2D eigenvalue weighted by Crippen LogP contribution is 2.08. The lowest BCUT2D eigenvalue weighted by molar-refractivity contribution is 0.510. The SMILES string of the molecule is CC(C)NCc1nnnn1CCc1ccccc1F. The second kappa shape index (κ2) is 6.38. The standard InChI is InChI=1S/C13H18FN5/c1-10(2)15-9-13-16-17-18-19(13)8-7-11-5-3-4-6-12(11)14/h3-6,10,15H,7-9H2,1-2H3. The molecule has 2 aromatic rings. The van der Waals surface area contributed by atoms with E-state index in [9.17, 15) is 4.39 Å². The van der Waals surface area contributed by atoms with Gasteiger partial charge in [0.1, 0.15) is 5.82 Å². The molecule has 6 heteroatoms. The summed E-state index contributed by atoms with van der Waals surface area (Å²) in [5, 5.41) is 14.8. The lowest BCUT2D eigenvalue weighted by atomic mass is 10.1. The fourth-order valence-corrected chi connectivity index (χ4v) is 1.75. The van der Waals surface area contributed by atoms with E-state index in [4.69, 9.17) is 0 Å². The van der Waals surface area contributed by atoms with Crippen LogP contribution in [-0.2, 0) is 19.5 Å². The number of aromatic nitrogens is 4. The maximum Gasteiger partial charge on any atom is 0.165 e. The first kappa shape index (κ1) is 13.6. The minimum atomic E-state index is -0.183. The van der Waals surface area contributed by atoms with Crippen LogP contribution in [0, 0.1) is 5.82 Å². The number of nitrogens with one attached hydrogen (secondary N) is 1. The summed E-state index contributed by atoms with van der Waals surface area (Å²) in [4.78, 5) is 0. The van der Waals surface area contributed by atoms with E-state index in [1.54, 1.807) is 16.8 Å². The number of nitrogens with zero attached hydrogens (tertiary/aromatic N) is 4. The summed E-state index contributed by atoms with van der Waals surface area (Å²) < 4.78 is 15.2. The first-order chi connectivity index (χ1) is 9.16. The molecule has 102 valence electrons. The lowest BCUT2D eigenvalue weighted by Crippen LogP contribution is -2.24. The molecule has 1 aromatic carbocycles. The average Bonchev–Trinajstić information content (AvgIpc) is 2.83. The maximum atomic E-state index is 13.5. The number of halogens is 1. The number of tetrazole rings is 1. The molecule has 1 N–H and O–H groups in total. The van der Waals surface area contributed by atoms with Crippen LogP contribution in [0.4, 0.5) is 4.39 Å². The van der Waals surface area contributed by atoms with Gasteiger partial charge in [-0.25, -0.2) is 9.07 Å². The van der Waals surface area contributed by atoms with E-state index in [2.05, 4.69) is 34.7 Å². The van der Waals surface area contributed by atoms with Crippen molar-refractivity contribution in [2.75, 3.05) is 0 Å². The molecule has 0 amide bonds. The summed E-state index contributed by atoms with van der Waals surface area (Å²) in [5.74, 6) is 0.586. The van der Waals surface area contributed by atoms with Gasteiger partial charge in [-0.3, -0.25) is 0 Å². The van der Waals surface area contributed by atoms with Gasteiger partial charge < -0.3 is 5.32 Å². The van der Waals surface area contributed by atoms with Crippen molar-refractivity contribution in [1.29, 1.82) is 0 Å². The Bertz CT molecular complexity index is 523. The van der Waals surface area contributed by atoms with E-state index in [0.29, 0.717) is 31.1 Å². The Morgan fingerprint density at radius 2 is 2.11 bits per heavy atom. The van der Waals surface area contributed by atoms with Crippen LogP contribution in [0.3, 0.4) is 0 Å². The van der Waals surface area contributed by atoms with E-state index in [-0.39, 0.29) is 5.82 Å². The van der Waals surface area contributed by atoms with E-state index in [1.807, 2.05) is 6.07 Å². The van der Waals surface area contributed by atoms with Crippen LogP contribution in [0.2, 0.25) is 0 Å². The summed E-state index contributed by atoms with van der Waals surface area (Å²) in [6, 6.07) is 7.14. The van der Waals surface area contributed by atoms with Crippen molar-refractivity contribution in [2.24, 2.45) is 0 Å². The number of aryl methyl sites for hydroxylation is 2. The molecule has 0 aliphatic carbocycles. The summed E-state index contributed by atoms with van der Waals surface area (Å²) in [7, 11) is 0. The van der Waals surface area contributed by atoms with Crippen LogP contribution in [0.15, 0.2) is 24.3 Å². The molecular weight excluding hydrogens is 245 g/mol. The molecule has 0 saturated heterocycles. The van der Waals surface area contributed by atoms with Crippen LogP contribution in [0.25, 0.3) is 0 Å². The van der Waals surface area contributed by atoms with Crippen LogP contribution >= 0.6 is 0 Å². The zero-order valence-electron chi connectivity index (χ0n) is 11.2. The molecule has 2 rings (SSSR count). The third kappa shape index (κ3) is 3.82. The predicted octanol–water partition coefficient (Wildman–Crippen LogP) is 1.55. The van der Waals surface area contributed by atoms with Crippen LogP contribution in [0.1, 0.15) is 25.2 Å². The topological polar surface area (TPSA) is 55.6 Å². The first-order valence-corrected chi connectivity index (χ1v) is 6.38. The van der Waals surface area contributed by atoms with E-state index in [0.717, 1.165) is 5.82 Å². The van der Waals surface area contributed by atoms with Gasteiger partial charge >= 0.3 is 0 Å². The summed E-state index contributed by atoms with van der Waals surface area (Å²) in [5.41, 5.74) is 0.681. The predicted molar refractivity (Wildman–Crippen MR) is 69.9 cm³/mol. The Morgan fingerprint density at radius 3 is 2.84 bits per heavy atom. The van der Waals surface area contributed by atoms with Crippen molar-refractivity contribution in [2.45, 2.75) is 39.4 Å². The largest absolute Gasteiger partial charge is 0.308 e. The fourth-order valence-electron chi connectivity index (χ4n) is 1.75. The molecule has 0 aliphatic rings. The van der Waals surface area contributed by atoms with E-state index >= 15 is 0 Å². The van der Waals surface area contributed by atoms with Crippen molar-refractivity contribution in [1.82, 2.24) is 25.5 Å². The van der Waals surface area contributed by atoms with Crippen molar-refractivity contribution < 1.29 is 4.39 Å². The molecule has 0 saturated carbocycles. The van der Waals surface area contributed by atoms with Crippen molar-refractivity contribution >= 4 is 0 Å². The Morgan fingerprint density at radius 1 is 1.32 bits per heavy atom. The minimum Gasteiger partial charge on any atom is -0.308 e. The molecule has 0 bridgehead atoms. The van der Waals surface area contributed by atoms with Crippen molar-refractivity contribution in [3.63, 3.8) is 0 Å². The van der Waals surface area contributed by atoms with E-state index < -0.39 is 0 Å². The fraction of sp³-hybridized carbons (Fsp3) is 0.462. The monoisotopic (exact) mass is 263 g/mol. The van der Waals surface area contributed by atoms with Gasteiger partial charge in [-0.1, -0.05) is 32.0 Å². The molecule has 0 spiro atoms. The molecule has 19 heavy (non-hydrogen) atoms. The smallest absolute Gasteiger partial charge is 0.165 e. The summed E-state index contributed by atoms with van der Waals surface area (Å²) in [6.07, 6.45) is 0.576. The van der Waals surface area contributed by atoms with Gasteiger partial charge in [-0.05, 0) is 28.5 Å². The Hall–Kier alpha value is -1.82. The molecular formula is C13H18FN5. The van der Waals surface area contributed by atoms with Crippen molar-refractivity contribution in [3.8, 4) is 0 Å². The molecule has 0 atom stereocenters. The highest BCUT2D eigenvalue weighted by atomic mass is 19.1. The molecule has 0 unspecified atom stereocenters. The Kier molecular flexibility index (Phi) is 4.57. The molecule has 1 heterocycles. The quantitative estimate of drug-likeness (QED) is 0.859. The van der Waals surface area contributed by atoms with Gasteiger partial charge in [-0.15, -0.1) is 5.10 Å². The summed E-state index contributed by atoms with van der Waals surface area (Å²) >= 11 is 0. The number of rotatable bonds is 6. The van der Waals surface area contributed by atoms with E-state index in [1.165, 1.54) is 6.07 Å². The molecule has 1 aromatic heterocycles. The molecule has 0 aliphatic heterocycles. The highest BCUT2D eigenvalue weighted by molar-refractivity contribution is 5.17. The van der Waals surface area contributed by atoms with Gasteiger partial charge in [0.25, 0.3) is 0 Å². The third-order valence-electron chi connectivity index (χ3n) is 2.83.